The van der Waals surface area contributed by atoms with Gasteiger partial charge in [-0.1, -0.05) is 6.07 Å². The zero-order valence-electron chi connectivity index (χ0n) is 13.8. The molecule has 0 N–H and O–H groups in total. The van der Waals surface area contributed by atoms with Crippen molar-refractivity contribution >= 4 is 17.3 Å². The van der Waals surface area contributed by atoms with Crippen molar-refractivity contribution in [3.63, 3.8) is 0 Å². The van der Waals surface area contributed by atoms with Gasteiger partial charge >= 0.3 is 5.97 Å². The molecule has 0 aliphatic carbocycles. The van der Waals surface area contributed by atoms with Crippen LogP contribution in [0.3, 0.4) is 0 Å². The standard InChI is InChI=1S/C18H16N2O4S/c1-22-13-6-7-14(16(9-13)23-2)17-20-12(11-25-17)10-24-18(21)15-5-3-4-8-19-15/h3-9,11H,10H2,1-2H3. The fourth-order valence-corrected chi connectivity index (χ4v) is 3.00. The second-order valence-corrected chi connectivity index (χ2v) is 5.86. The monoisotopic (exact) mass is 356 g/mol. The fourth-order valence-electron chi connectivity index (χ4n) is 2.17. The lowest BCUT2D eigenvalue weighted by Gasteiger charge is -2.08. The Morgan fingerprint density at radius 3 is 2.76 bits per heavy atom. The number of carbonyl (C=O) groups excluding carboxylic acids is 1. The van der Waals surface area contributed by atoms with Gasteiger partial charge in [-0.15, -0.1) is 11.3 Å². The van der Waals surface area contributed by atoms with Gasteiger partial charge in [0.25, 0.3) is 0 Å². The third-order valence-electron chi connectivity index (χ3n) is 3.42. The predicted octanol–water partition coefficient (Wildman–Crippen LogP) is 3.58. The van der Waals surface area contributed by atoms with E-state index in [9.17, 15) is 4.79 Å². The summed E-state index contributed by atoms with van der Waals surface area (Å²) in [7, 11) is 3.20. The van der Waals surface area contributed by atoms with Crippen LogP contribution < -0.4 is 9.47 Å². The first kappa shape index (κ1) is 16.9. The number of benzene rings is 1. The Morgan fingerprint density at radius 1 is 1.16 bits per heavy atom. The molecule has 0 atom stereocenters. The average molecular weight is 356 g/mol. The summed E-state index contributed by atoms with van der Waals surface area (Å²) in [5, 5.41) is 2.63. The molecule has 25 heavy (non-hydrogen) atoms. The van der Waals surface area contributed by atoms with Gasteiger partial charge in [-0.05, 0) is 24.3 Å². The molecular formula is C18H16N2O4S. The van der Waals surface area contributed by atoms with Crippen LogP contribution in [0.15, 0.2) is 48.0 Å². The number of ether oxygens (including phenoxy) is 3. The number of carbonyl (C=O) groups is 1. The molecule has 3 aromatic rings. The molecule has 0 saturated carbocycles. The number of hydrogen-bond donors (Lipinski definition) is 0. The Kier molecular flexibility index (Phi) is 5.25. The number of methoxy groups -OCH3 is 2. The van der Waals surface area contributed by atoms with Gasteiger partial charge in [0.05, 0.1) is 25.5 Å². The van der Waals surface area contributed by atoms with Gasteiger partial charge in [0, 0.05) is 17.6 Å². The third kappa shape index (κ3) is 3.95. The molecular weight excluding hydrogens is 340 g/mol. The number of thiazole rings is 1. The van der Waals surface area contributed by atoms with E-state index in [0.29, 0.717) is 17.2 Å². The number of esters is 1. The number of hydrogen-bond acceptors (Lipinski definition) is 7. The Bertz CT molecular complexity index is 865. The van der Waals surface area contributed by atoms with E-state index in [0.717, 1.165) is 10.6 Å². The summed E-state index contributed by atoms with van der Waals surface area (Å²) < 4.78 is 15.8. The summed E-state index contributed by atoms with van der Waals surface area (Å²) in [6.07, 6.45) is 1.55. The SMILES string of the molecule is COc1ccc(-c2nc(COC(=O)c3ccccn3)cs2)c(OC)c1. The van der Waals surface area contributed by atoms with Crippen molar-refractivity contribution in [2.24, 2.45) is 0 Å². The number of nitrogens with zero attached hydrogens (tertiary/aromatic N) is 2. The van der Waals surface area contributed by atoms with E-state index in [1.807, 2.05) is 17.5 Å². The maximum Gasteiger partial charge on any atom is 0.357 e. The second kappa shape index (κ2) is 7.76. The van der Waals surface area contributed by atoms with Crippen LogP contribution >= 0.6 is 11.3 Å². The van der Waals surface area contributed by atoms with Gasteiger partial charge in [-0.25, -0.2) is 14.8 Å². The molecule has 0 radical (unpaired) electrons. The molecule has 0 fully saturated rings. The topological polar surface area (TPSA) is 70.5 Å². The lowest BCUT2D eigenvalue weighted by Crippen LogP contribution is -2.07. The van der Waals surface area contributed by atoms with Gasteiger partial charge in [-0.2, -0.15) is 0 Å². The molecule has 0 aliphatic rings. The minimum Gasteiger partial charge on any atom is -0.497 e. The third-order valence-corrected chi connectivity index (χ3v) is 4.34. The van der Waals surface area contributed by atoms with Crippen LogP contribution in [0.5, 0.6) is 11.5 Å². The molecule has 128 valence electrons. The quantitative estimate of drug-likeness (QED) is 0.629. The van der Waals surface area contributed by atoms with Crippen LogP contribution in [-0.2, 0) is 11.3 Å². The van der Waals surface area contributed by atoms with Crippen LogP contribution in [0.25, 0.3) is 10.6 Å². The number of pyridine rings is 1. The molecule has 0 aliphatic heterocycles. The van der Waals surface area contributed by atoms with Crippen molar-refractivity contribution in [1.82, 2.24) is 9.97 Å². The Labute approximate surface area is 149 Å². The highest BCUT2D eigenvalue weighted by molar-refractivity contribution is 7.13. The van der Waals surface area contributed by atoms with Crippen molar-refractivity contribution < 1.29 is 19.0 Å². The fraction of sp³-hybridized carbons (Fsp3) is 0.167. The molecule has 0 amide bonds. The van der Waals surface area contributed by atoms with Crippen LogP contribution in [0.4, 0.5) is 0 Å². The predicted molar refractivity (Wildman–Crippen MR) is 94.0 cm³/mol. The largest absolute Gasteiger partial charge is 0.497 e. The van der Waals surface area contributed by atoms with E-state index in [4.69, 9.17) is 14.2 Å². The summed E-state index contributed by atoms with van der Waals surface area (Å²) in [4.78, 5) is 20.4. The minimum absolute atomic E-state index is 0.0877. The van der Waals surface area contributed by atoms with Crippen molar-refractivity contribution in [3.8, 4) is 22.1 Å². The maximum atomic E-state index is 11.9. The first-order chi connectivity index (χ1) is 12.2. The number of aromatic nitrogens is 2. The normalized spacial score (nSPS) is 10.3. The summed E-state index contributed by atoms with van der Waals surface area (Å²) in [6, 6.07) is 10.6. The highest BCUT2D eigenvalue weighted by atomic mass is 32.1. The van der Waals surface area contributed by atoms with Crippen LogP contribution in [0.2, 0.25) is 0 Å². The zero-order chi connectivity index (χ0) is 17.6. The van der Waals surface area contributed by atoms with E-state index >= 15 is 0 Å². The highest BCUT2D eigenvalue weighted by Gasteiger charge is 2.13. The minimum atomic E-state index is -0.475. The number of rotatable bonds is 6. The maximum absolute atomic E-state index is 11.9. The van der Waals surface area contributed by atoms with E-state index in [1.54, 1.807) is 44.7 Å². The van der Waals surface area contributed by atoms with Gasteiger partial charge in [0.15, 0.2) is 0 Å². The highest BCUT2D eigenvalue weighted by Crippen LogP contribution is 2.35. The van der Waals surface area contributed by atoms with Crippen LogP contribution in [0, 0.1) is 0 Å². The lowest BCUT2D eigenvalue weighted by atomic mass is 10.2. The van der Waals surface area contributed by atoms with Crippen molar-refractivity contribution in [2.45, 2.75) is 6.61 Å². The second-order valence-electron chi connectivity index (χ2n) is 5.00. The molecule has 1 aromatic carbocycles. The van der Waals surface area contributed by atoms with Crippen LogP contribution in [0.1, 0.15) is 16.2 Å². The van der Waals surface area contributed by atoms with Crippen molar-refractivity contribution in [1.29, 1.82) is 0 Å². The summed E-state index contributed by atoms with van der Waals surface area (Å²) in [5.74, 6) is 0.907. The first-order valence-corrected chi connectivity index (χ1v) is 8.34. The smallest absolute Gasteiger partial charge is 0.357 e. The van der Waals surface area contributed by atoms with Gasteiger partial charge in [0.1, 0.15) is 28.8 Å². The van der Waals surface area contributed by atoms with Crippen LogP contribution in [-0.4, -0.2) is 30.2 Å². The van der Waals surface area contributed by atoms with Crippen molar-refractivity contribution in [2.75, 3.05) is 14.2 Å². The molecule has 7 heteroatoms. The Balaban J connectivity index is 1.71. The van der Waals surface area contributed by atoms with Gasteiger partial charge in [0.2, 0.25) is 0 Å². The zero-order valence-corrected chi connectivity index (χ0v) is 14.6. The Morgan fingerprint density at radius 2 is 2.04 bits per heavy atom. The lowest BCUT2D eigenvalue weighted by molar-refractivity contribution is 0.0461. The molecule has 2 aromatic heterocycles. The Hall–Kier alpha value is -2.93. The molecule has 0 spiro atoms. The van der Waals surface area contributed by atoms with Gasteiger partial charge in [-0.3, -0.25) is 0 Å². The van der Waals surface area contributed by atoms with E-state index in [1.165, 1.54) is 11.3 Å². The molecule has 3 rings (SSSR count). The average Bonchev–Trinajstić information content (AvgIpc) is 3.15. The van der Waals surface area contributed by atoms with E-state index in [2.05, 4.69) is 9.97 Å². The van der Waals surface area contributed by atoms with Crippen molar-refractivity contribution in [3.05, 3.63) is 59.4 Å². The van der Waals surface area contributed by atoms with E-state index in [-0.39, 0.29) is 12.3 Å². The van der Waals surface area contributed by atoms with E-state index < -0.39 is 5.97 Å². The molecule has 0 saturated heterocycles. The van der Waals surface area contributed by atoms with Gasteiger partial charge < -0.3 is 14.2 Å². The molecule has 6 nitrogen and oxygen atoms in total. The molecule has 0 unspecified atom stereocenters. The summed E-state index contributed by atoms with van der Waals surface area (Å²) >= 11 is 1.45. The summed E-state index contributed by atoms with van der Waals surface area (Å²) in [5.41, 5.74) is 1.80. The summed E-state index contributed by atoms with van der Waals surface area (Å²) in [6.45, 7) is 0.0877. The molecule has 2 heterocycles. The first-order valence-electron chi connectivity index (χ1n) is 7.46. The molecule has 0 bridgehead atoms.